The highest BCUT2D eigenvalue weighted by Crippen LogP contribution is 2.22. The van der Waals surface area contributed by atoms with Gasteiger partial charge in [0, 0.05) is 32.3 Å². The van der Waals surface area contributed by atoms with Gasteiger partial charge in [0.25, 0.3) is 5.56 Å². The molecule has 0 spiro atoms. The molecule has 8 nitrogen and oxygen atoms in total. The first-order valence-electron chi connectivity index (χ1n) is 11.6. The van der Waals surface area contributed by atoms with Gasteiger partial charge >= 0.3 is 0 Å². The van der Waals surface area contributed by atoms with E-state index in [1.165, 1.54) is 0 Å². The Morgan fingerprint density at radius 2 is 2.00 bits per heavy atom. The molecule has 1 aromatic carbocycles. The Bertz CT molecular complexity index is 1320. The molecule has 0 radical (unpaired) electrons. The lowest BCUT2D eigenvalue weighted by atomic mass is 9.97. The van der Waals surface area contributed by atoms with E-state index in [4.69, 9.17) is 4.42 Å². The third-order valence-corrected chi connectivity index (χ3v) is 6.21. The van der Waals surface area contributed by atoms with Crippen molar-refractivity contribution in [3.8, 4) is 0 Å². The number of aromatic nitrogens is 3. The lowest BCUT2D eigenvalue weighted by Gasteiger charge is -2.32. The molecular formula is C26H27N5O3. The van der Waals surface area contributed by atoms with Crippen molar-refractivity contribution >= 4 is 22.9 Å². The summed E-state index contributed by atoms with van der Waals surface area (Å²) in [7, 11) is 0. The molecule has 34 heavy (non-hydrogen) atoms. The molecule has 5 rings (SSSR count). The van der Waals surface area contributed by atoms with Gasteiger partial charge in [-0.25, -0.2) is 9.97 Å². The van der Waals surface area contributed by atoms with Crippen LogP contribution in [0, 0.1) is 5.92 Å². The number of pyridine rings is 1. The molecule has 1 aliphatic heterocycles. The van der Waals surface area contributed by atoms with Crippen molar-refractivity contribution < 1.29 is 9.21 Å². The van der Waals surface area contributed by atoms with E-state index in [1.807, 2.05) is 59.5 Å². The van der Waals surface area contributed by atoms with E-state index in [9.17, 15) is 9.59 Å². The van der Waals surface area contributed by atoms with Crippen molar-refractivity contribution in [3.63, 3.8) is 0 Å². The highest BCUT2D eigenvalue weighted by atomic mass is 16.3. The first kappa shape index (κ1) is 21.9. The number of nitrogens with one attached hydrogen (secondary N) is 1. The van der Waals surface area contributed by atoms with E-state index in [-0.39, 0.29) is 17.4 Å². The molecule has 1 saturated heterocycles. The molecule has 0 aliphatic carbocycles. The monoisotopic (exact) mass is 457 g/mol. The van der Waals surface area contributed by atoms with Crippen LogP contribution in [-0.2, 0) is 17.8 Å². The third kappa shape index (κ3) is 4.71. The second-order valence-corrected chi connectivity index (χ2v) is 8.56. The number of hydrogen-bond donors (Lipinski definition) is 1. The number of fused-ring (bicyclic) bond motifs is 1. The summed E-state index contributed by atoms with van der Waals surface area (Å²) in [6, 6.07) is 17.3. The van der Waals surface area contributed by atoms with Gasteiger partial charge in [0.1, 0.15) is 11.3 Å². The number of benzene rings is 1. The molecule has 0 unspecified atom stereocenters. The van der Waals surface area contributed by atoms with Gasteiger partial charge in [-0.2, -0.15) is 0 Å². The predicted molar refractivity (Wildman–Crippen MR) is 130 cm³/mol. The maximum Gasteiger partial charge on any atom is 0.295 e. The highest BCUT2D eigenvalue weighted by Gasteiger charge is 2.28. The van der Waals surface area contributed by atoms with Crippen molar-refractivity contribution in [2.75, 3.05) is 24.5 Å². The van der Waals surface area contributed by atoms with Crippen LogP contribution in [0.15, 0.2) is 76.3 Å². The maximum atomic E-state index is 13.6. The maximum absolute atomic E-state index is 13.6. The number of hydrogen-bond acceptors (Lipinski definition) is 6. The van der Waals surface area contributed by atoms with E-state index < -0.39 is 0 Å². The minimum atomic E-state index is -0.196. The van der Waals surface area contributed by atoms with Crippen LogP contribution in [0.25, 0.3) is 11.2 Å². The number of furan rings is 1. The second-order valence-electron chi connectivity index (χ2n) is 8.56. The Balaban J connectivity index is 1.37. The molecule has 1 atom stereocenters. The summed E-state index contributed by atoms with van der Waals surface area (Å²) >= 11 is 0. The summed E-state index contributed by atoms with van der Waals surface area (Å²) in [5.41, 5.74) is 2.05. The number of carbonyl (C=O) groups excluding carboxylic acids is 1. The number of anilines is 1. The van der Waals surface area contributed by atoms with E-state index in [0.717, 1.165) is 24.2 Å². The van der Waals surface area contributed by atoms with Crippen LogP contribution in [-0.4, -0.2) is 40.1 Å². The van der Waals surface area contributed by atoms with Crippen LogP contribution in [0.4, 0.5) is 5.82 Å². The molecule has 1 amide bonds. The zero-order valence-corrected chi connectivity index (χ0v) is 18.9. The average molecular weight is 458 g/mol. The Morgan fingerprint density at radius 3 is 2.82 bits per heavy atom. The lowest BCUT2D eigenvalue weighted by Crippen LogP contribution is -2.46. The second kappa shape index (κ2) is 9.91. The van der Waals surface area contributed by atoms with Gasteiger partial charge in [-0.15, -0.1) is 0 Å². The Morgan fingerprint density at radius 1 is 1.12 bits per heavy atom. The molecule has 1 aliphatic rings. The fourth-order valence-corrected chi connectivity index (χ4v) is 4.47. The fraction of sp³-hybridized carbons (Fsp3) is 0.308. The van der Waals surface area contributed by atoms with Gasteiger partial charge in [0.05, 0.1) is 18.7 Å². The molecule has 0 bridgehead atoms. The van der Waals surface area contributed by atoms with Crippen LogP contribution in [0.5, 0.6) is 0 Å². The van der Waals surface area contributed by atoms with Gasteiger partial charge < -0.3 is 14.6 Å². The van der Waals surface area contributed by atoms with Gasteiger partial charge in [0.15, 0.2) is 11.5 Å². The van der Waals surface area contributed by atoms with Gasteiger partial charge in [0.2, 0.25) is 5.91 Å². The number of piperidine rings is 1. The summed E-state index contributed by atoms with van der Waals surface area (Å²) in [5, 5.41) is 3.01. The van der Waals surface area contributed by atoms with Crippen LogP contribution in [0.1, 0.15) is 24.2 Å². The summed E-state index contributed by atoms with van der Waals surface area (Å²) in [6.45, 7) is 2.08. The zero-order chi connectivity index (χ0) is 23.3. The molecule has 174 valence electrons. The Hall–Kier alpha value is -3.94. The largest absolute Gasteiger partial charge is 0.469 e. The number of carbonyl (C=O) groups is 1. The quantitative estimate of drug-likeness (QED) is 0.459. The summed E-state index contributed by atoms with van der Waals surface area (Å²) in [6.07, 6.45) is 5.57. The molecule has 4 heterocycles. The number of amides is 1. The minimum Gasteiger partial charge on any atom is -0.469 e. The average Bonchev–Trinajstić information content (AvgIpc) is 3.40. The fourth-order valence-electron chi connectivity index (χ4n) is 4.47. The standard InChI is InChI=1S/C26H27N5O3/c32-25(28-14-12-21-10-6-16-34-21)20-9-5-15-30(18-20)24-26(33)31(17-19-7-2-1-3-8-19)23-22(29-24)11-4-13-27-23/h1-4,6-8,10-11,13,16,20H,5,9,12,14-15,17-18H2,(H,28,32)/t20-/m0/s1. The van der Waals surface area contributed by atoms with Crippen molar-refractivity contribution in [3.05, 3.63) is 88.7 Å². The van der Waals surface area contributed by atoms with Crippen molar-refractivity contribution in [2.45, 2.75) is 25.8 Å². The molecular weight excluding hydrogens is 430 g/mol. The summed E-state index contributed by atoms with van der Waals surface area (Å²) in [4.78, 5) is 37.5. The van der Waals surface area contributed by atoms with Crippen LogP contribution in [0.2, 0.25) is 0 Å². The number of nitrogens with zero attached hydrogens (tertiary/aromatic N) is 4. The van der Waals surface area contributed by atoms with E-state index in [0.29, 0.717) is 49.6 Å². The SMILES string of the molecule is O=C(NCCc1ccco1)[C@H]1CCCN(c2nc3cccnc3n(Cc3ccccc3)c2=O)C1. The molecule has 8 heteroatoms. The van der Waals surface area contributed by atoms with Crippen molar-refractivity contribution in [1.82, 2.24) is 19.9 Å². The van der Waals surface area contributed by atoms with Crippen LogP contribution >= 0.6 is 0 Å². The Labute approximate surface area is 197 Å². The first-order chi connectivity index (χ1) is 16.7. The molecule has 1 N–H and O–H groups in total. The van der Waals surface area contributed by atoms with Crippen molar-refractivity contribution in [2.24, 2.45) is 5.92 Å². The van der Waals surface area contributed by atoms with Gasteiger partial charge in [-0.3, -0.25) is 14.2 Å². The molecule has 0 saturated carbocycles. The highest BCUT2D eigenvalue weighted by molar-refractivity contribution is 5.79. The third-order valence-electron chi connectivity index (χ3n) is 6.21. The summed E-state index contributed by atoms with van der Waals surface area (Å²) < 4.78 is 7.01. The Kier molecular flexibility index (Phi) is 6.38. The van der Waals surface area contributed by atoms with Gasteiger partial charge in [-0.05, 0) is 42.7 Å². The van der Waals surface area contributed by atoms with Crippen LogP contribution < -0.4 is 15.8 Å². The minimum absolute atomic E-state index is 0.00308. The van der Waals surface area contributed by atoms with Gasteiger partial charge in [-0.1, -0.05) is 30.3 Å². The molecule has 3 aromatic heterocycles. The first-order valence-corrected chi connectivity index (χ1v) is 11.6. The van der Waals surface area contributed by atoms with E-state index in [1.54, 1.807) is 17.0 Å². The predicted octanol–water partition coefficient (Wildman–Crippen LogP) is 3.01. The normalized spacial score (nSPS) is 16.0. The lowest BCUT2D eigenvalue weighted by molar-refractivity contribution is -0.125. The van der Waals surface area contributed by atoms with Crippen molar-refractivity contribution in [1.29, 1.82) is 0 Å². The van der Waals surface area contributed by atoms with Crippen LogP contribution in [0.3, 0.4) is 0 Å². The molecule has 1 fully saturated rings. The van der Waals surface area contributed by atoms with E-state index >= 15 is 0 Å². The smallest absolute Gasteiger partial charge is 0.295 e. The van der Waals surface area contributed by atoms with E-state index in [2.05, 4.69) is 15.3 Å². The molecule has 4 aromatic rings. The summed E-state index contributed by atoms with van der Waals surface area (Å²) in [5.74, 6) is 1.03. The topological polar surface area (TPSA) is 93.3 Å². The number of rotatable bonds is 7. The zero-order valence-electron chi connectivity index (χ0n) is 18.9.